The van der Waals surface area contributed by atoms with Gasteiger partial charge in [0.1, 0.15) is 5.76 Å². The third-order valence-electron chi connectivity index (χ3n) is 7.41. The van der Waals surface area contributed by atoms with Gasteiger partial charge in [0.15, 0.2) is 5.16 Å². The quantitative estimate of drug-likeness (QED) is 0.247. The summed E-state index contributed by atoms with van der Waals surface area (Å²) in [5.74, 6) is 1.54. The van der Waals surface area contributed by atoms with Gasteiger partial charge in [-0.05, 0) is 49.4 Å². The van der Waals surface area contributed by atoms with Gasteiger partial charge in [-0.2, -0.15) is 0 Å². The summed E-state index contributed by atoms with van der Waals surface area (Å²) in [6, 6.07) is 20.9. The molecule has 34 heavy (non-hydrogen) atoms. The van der Waals surface area contributed by atoms with E-state index in [1.54, 1.807) is 18.0 Å². The molecule has 4 nitrogen and oxygen atoms in total. The van der Waals surface area contributed by atoms with Gasteiger partial charge in [0.2, 0.25) is 0 Å². The van der Waals surface area contributed by atoms with E-state index < -0.39 is 0 Å². The molecule has 172 valence electrons. The fourth-order valence-electron chi connectivity index (χ4n) is 5.69. The van der Waals surface area contributed by atoms with Crippen LogP contribution < -0.4 is 5.56 Å². The van der Waals surface area contributed by atoms with E-state index in [1.165, 1.54) is 29.5 Å². The molecule has 5 heteroatoms. The number of hydrogen-bond donors (Lipinski definition) is 0. The maximum atomic E-state index is 14.3. The van der Waals surface area contributed by atoms with E-state index in [1.807, 2.05) is 16.7 Å². The standard InChI is InChI=1S/C29H28N2O2S/c1-20-10-12-21(13-11-20)19-34-28-30-26-24-9-3-2-7-22(24)17-29(14-4-5-15-29)25(26)27(32)31(28)18-23-8-6-16-33-23/h2-3,6-13,16H,4-5,14-15,17-19H2,1H3. The summed E-state index contributed by atoms with van der Waals surface area (Å²) in [5.41, 5.74) is 6.74. The topological polar surface area (TPSA) is 48.0 Å². The maximum Gasteiger partial charge on any atom is 0.258 e. The highest BCUT2D eigenvalue weighted by molar-refractivity contribution is 7.98. The molecule has 1 saturated carbocycles. The smallest absolute Gasteiger partial charge is 0.258 e. The minimum absolute atomic E-state index is 0.0984. The Morgan fingerprint density at radius 2 is 1.82 bits per heavy atom. The minimum Gasteiger partial charge on any atom is -0.467 e. The van der Waals surface area contributed by atoms with Crippen molar-refractivity contribution in [1.82, 2.24) is 9.55 Å². The van der Waals surface area contributed by atoms with Crippen LogP contribution in [-0.2, 0) is 24.1 Å². The van der Waals surface area contributed by atoms with E-state index in [2.05, 4.69) is 55.5 Å². The SMILES string of the molecule is Cc1ccc(CSc2nc3c(c(=O)n2Cc2ccco2)C2(CCCC2)Cc2ccccc2-3)cc1. The van der Waals surface area contributed by atoms with Gasteiger partial charge in [0, 0.05) is 16.7 Å². The number of fused-ring (bicyclic) bond motifs is 4. The van der Waals surface area contributed by atoms with E-state index in [0.717, 1.165) is 52.8 Å². The van der Waals surface area contributed by atoms with Gasteiger partial charge >= 0.3 is 0 Å². The van der Waals surface area contributed by atoms with Gasteiger partial charge in [0.05, 0.1) is 24.1 Å². The molecule has 0 aliphatic heterocycles. The normalized spacial score (nSPS) is 15.9. The Balaban J connectivity index is 1.51. The van der Waals surface area contributed by atoms with Crippen molar-refractivity contribution in [3.63, 3.8) is 0 Å². The summed E-state index contributed by atoms with van der Waals surface area (Å²) >= 11 is 1.63. The van der Waals surface area contributed by atoms with E-state index >= 15 is 0 Å². The highest BCUT2D eigenvalue weighted by Crippen LogP contribution is 2.50. The summed E-state index contributed by atoms with van der Waals surface area (Å²) in [5, 5.41) is 0.755. The predicted octanol–water partition coefficient (Wildman–Crippen LogP) is 6.52. The second kappa shape index (κ2) is 8.62. The van der Waals surface area contributed by atoms with E-state index in [4.69, 9.17) is 9.40 Å². The van der Waals surface area contributed by atoms with Crippen LogP contribution in [0.5, 0.6) is 0 Å². The molecule has 2 aromatic carbocycles. The monoisotopic (exact) mass is 468 g/mol. The van der Waals surface area contributed by atoms with Gasteiger partial charge in [-0.3, -0.25) is 9.36 Å². The van der Waals surface area contributed by atoms with E-state index in [0.29, 0.717) is 6.54 Å². The number of nitrogens with zero attached hydrogens (tertiary/aromatic N) is 2. The molecule has 0 unspecified atom stereocenters. The van der Waals surface area contributed by atoms with Gasteiger partial charge < -0.3 is 4.42 Å². The number of thioether (sulfide) groups is 1. The number of furan rings is 1. The summed E-state index contributed by atoms with van der Waals surface area (Å²) in [7, 11) is 0. The average molecular weight is 469 g/mol. The lowest BCUT2D eigenvalue weighted by Gasteiger charge is -2.36. The molecule has 0 N–H and O–H groups in total. The van der Waals surface area contributed by atoms with Crippen molar-refractivity contribution in [2.75, 3.05) is 0 Å². The zero-order valence-electron chi connectivity index (χ0n) is 19.4. The Labute approximate surface area is 204 Å². The van der Waals surface area contributed by atoms with Crippen LogP contribution in [0.2, 0.25) is 0 Å². The first kappa shape index (κ1) is 21.5. The molecule has 6 rings (SSSR count). The van der Waals surface area contributed by atoms with Crippen LogP contribution in [0.15, 0.2) is 81.3 Å². The zero-order chi connectivity index (χ0) is 23.1. The molecular formula is C29H28N2O2S. The molecule has 0 saturated heterocycles. The predicted molar refractivity (Wildman–Crippen MR) is 136 cm³/mol. The molecule has 1 spiro atoms. The zero-order valence-corrected chi connectivity index (χ0v) is 20.2. The lowest BCUT2D eigenvalue weighted by molar-refractivity contribution is 0.411. The van der Waals surface area contributed by atoms with Gasteiger partial charge in [-0.15, -0.1) is 0 Å². The van der Waals surface area contributed by atoms with Crippen molar-refractivity contribution in [1.29, 1.82) is 0 Å². The fourth-order valence-corrected chi connectivity index (χ4v) is 6.63. The highest BCUT2D eigenvalue weighted by atomic mass is 32.2. The third kappa shape index (κ3) is 3.72. The number of aromatic nitrogens is 2. The Kier molecular flexibility index (Phi) is 5.45. The van der Waals surface area contributed by atoms with Crippen molar-refractivity contribution >= 4 is 11.8 Å². The first-order chi connectivity index (χ1) is 16.6. The van der Waals surface area contributed by atoms with Crippen LogP contribution in [0.4, 0.5) is 0 Å². The first-order valence-electron chi connectivity index (χ1n) is 12.1. The number of rotatable bonds is 5. The third-order valence-corrected chi connectivity index (χ3v) is 8.46. The lowest BCUT2D eigenvalue weighted by Crippen LogP contribution is -2.40. The number of aryl methyl sites for hydroxylation is 1. The minimum atomic E-state index is -0.0984. The van der Waals surface area contributed by atoms with Gasteiger partial charge in [-0.25, -0.2) is 4.98 Å². The summed E-state index contributed by atoms with van der Waals surface area (Å²) < 4.78 is 7.50. The molecule has 4 aromatic rings. The Morgan fingerprint density at radius 3 is 2.59 bits per heavy atom. The maximum absolute atomic E-state index is 14.3. The largest absolute Gasteiger partial charge is 0.467 e. The molecular weight excluding hydrogens is 440 g/mol. The van der Waals surface area contributed by atoms with Crippen molar-refractivity contribution in [2.24, 2.45) is 0 Å². The summed E-state index contributed by atoms with van der Waals surface area (Å²) in [4.78, 5) is 19.5. The highest BCUT2D eigenvalue weighted by Gasteiger charge is 2.44. The van der Waals surface area contributed by atoms with Crippen LogP contribution in [0.25, 0.3) is 11.3 Å². The van der Waals surface area contributed by atoms with Crippen molar-refractivity contribution < 1.29 is 4.42 Å². The molecule has 0 bridgehead atoms. The van der Waals surface area contributed by atoms with Crippen LogP contribution in [-0.4, -0.2) is 9.55 Å². The fraction of sp³-hybridized carbons (Fsp3) is 0.310. The van der Waals surface area contributed by atoms with Crippen molar-refractivity contribution in [2.45, 2.75) is 61.9 Å². The number of benzene rings is 2. The Bertz CT molecular complexity index is 1380. The Morgan fingerprint density at radius 1 is 1.03 bits per heavy atom. The molecule has 2 aromatic heterocycles. The van der Waals surface area contributed by atoms with Crippen LogP contribution in [0.3, 0.4) is 0 Å². The molecule has 1 fully saturated rings. The lowest BCUT2D eigenvalue weighted by atomic mass is 9.68. The summed E-state index contributed by atoms with van der Waals surface area (Å²) in [6.45, 7) is 2.50. The molecule has 2 aliphatic rings. The second-order valence-corrected chi connectivity index (χ2v) is 10.6. The van der Waals surface area contributed by atoms with Crippen LogP contribution in [0, 0.1) is 6.92 Å². The van der Waals surface area contributed by atoms with Crippen LogP contribution >= 0.6 is 11.8 Å². The van der Waals surface area contributed by atoms with E-state index in [-0.39, 0.29) is 11.0 Å². The van der Waals surface area contributed by atoms with E-state index in [9.17, 15) is 4.79 Å². The molecule has 0 radical (unpaired) electrons. The van der Waals surface area contributed by atoms with Gasteiger partial charge in [0.25, 0.3) is 5.56 Å². The number of hydrogen-bond acceptors (Lipinski definition) is 4. The first-order valence-corrected chi connectivity index (χ1v) is 13.1. The summed E-state index contributed by atoms with van der Waals surface area (Å²) in [6.07, 6.45) is 7.06. The van der Waals surface area contributed by atoms with Crippen molar-refractivity contribution in [3.05, 3.63) is 105 Å². The van der Waals surface area contributed by atoms with Crippen LogP contribution in [0.1, 0.15) is 53.7 Å². The Hall–Kier alpha value is -3.05. The molecule has 0 atom stereocenters. The average Bonchev–Trinajstić information content (AvgIpc) is 3.53. The molecule has 2 aliphatic carbocycles. The second-order valence-electron chi connectivity index (χ2n) is 9.68. The molecule has 0 amide bonds. The van der Waals surface area contributed by atoms with Gasteiger partial charge in [-0.1, -0.05) is 78.7 Å². The molecule has 2 heterocycles. The van der Waals surface area contributed by atoms with Crippen molar-refractivity contribution in [3.8, 4) is 11.3 Å².